The third kappa shape index (κ3) is 2.88. The predicted octanol–water partition coefficient (Wildman–Crippen LogP) is 2.37. The molecule has 3 aromatic rings. The Balaban J connectivity index is 2.16. The van der Waals surface area contributed by atoms with E-state index < -0.39 is 33.5 Å². The van der Waals surface area contributed by atoms with Crippen molar-refractivity contribution in [3.05, 3.63) is 68.5 Å². The summed E-state index contributed by atoms with van der Waals surface area (Å²) in [6, 6.07) is 10.1. The maximum Gasteiger partial charge on any atom is 0.342 e. The molecule has 0 radical (unpaired) electrons. The maximum atomic E-state index is 12.6. The molecule has 0 amide bonds. The van der Waals surface area contributed by atoms with Crippen LogP contribution in [0.2, 0.25) is 0 Å². The first-order valence-electron chi connectivity index (χ1n) is 7.29. The molecule has 0 fully saturated rings. The Hall–Kier alpha value is -3.33. The molecule has 0 bridgehead atoms. The largest absolute Gasteiger partial charge is 0.871 e. The molecule has 1 N–H and O–H groups in total. The van der Waals surface area contributed by atoms with Crippen LogP contribution in [-0.2, 0) is 7.05 Å². The first kappa shape index (κ1) is 17.5. The van der Waals surface area contributed by atoms with Crippen LogP contribution in [0.15, 0.2) is 57.1 Å². The molecule has 1 heterocycles. The standard InChI is InChI=1S/C17H12N2O6S/c1-18-12-5-3-2-4-10(12)14(20)15(16(18)21)26-9-6-7-13(19(24)25)11(8-9)17(22)23/h2-8,20H,1H3,(H,22,23)/p-1. The highest BCUT2D eigenvalue weighted by Gasteiger charge is 2.21. The summed E-state index contributed by atoms with van der Waals surface area (Å²) in [5.41, 5.74) is -1.10. The van der Waals surface area contributed by atoms with Crippen molar-refractivity contribution in [3.63, 3.8) is 0 Å². The Morgan fingerprint density at radius 1 is 1.23 bits per heavy atom. The molecule has 26 heavy (non-hydrogen) atoms. The molecule has 0 unspecified atom stereocenters. The van der Waals surface area contributed by atoms with E-state index in [1.165, 1.54) is 17.7 Å². The lowest BCUT2D eigenvalue weighted by Gasteiger charge is -2.18. The van der Waals surface area contributed by atoms with Gasteiger partial charge in [-0.2, -0.15) is 0 Å². The fourth-order valence-corrected chi connectivity index (χ4v) is 3.53. The van der Waals surface area contributed by atoms with E-state index in [2.05, 4.69) is 0 Å². The zero-order valence-electron chi connectivity index (χ0n) is 13.3. The van der Waals surface area contributed by atoms with Crippen molar-refractivity contribution in [2.45, 2.75) is 9.79 Å². The molecule has 8 nitrogen and oxygen atoms in total. The minimum Gasteiger partial charge on any atom is -0.871 e. The maximum absolute atomic E-state index is 12.6. The lowest BCUT2D eigenvalue weighted by Crippen LogP contribution is -2.20. The number of para-hydroxylation sites is 1. The second kappa shape index (κ2) is 6.52. The Bertz CT molecular complexity index is 1120. The van der Waals surface area contributed by atoms with Crippen molar-refractivity contribution < 1.29 is 19.9 Å². The second-order valence-corrected chi connectivity index (χ2v) is 6.47. The van der Waals surface area contributed by atoms with E-state index in [1.807, 2.05) is 0 Å². The Labute approximate surface area is 150 Å². The number of carboxylic acid groups (broad SMARTS) is 1. The molecule has 132 valence electrons. The van der Waals surface area contributed by atoms with Gasteiger partial charge < -0.3 is 14.8 Å². The molecule has 0 saturated heterocycles. The minimum absolute atomic E-state index is 0.101. The van der Waals surface area contributed by atoms with Crippen LogP contribution in [0, 0.1) is 10.1 Å². The van der Waals surface area contributed by atoms with Gasteiger partial charge in [0.25, 0.3) is 11.2 Å². The number of nitro benzene ring substituents is 1. The van der Waals surface area contributed by atoms with Crippen LogP contribution in [0.1, 0.15) is 10.4 Å². The van der Waals surface area contributed by atoms with Crippen LogP contribution in [-0.4, -0.2) is 20.6 Å². The van der Waals surface area contributed by atoms with Crippen LogP contribution in [0.3, 0.4) is 0 Å². The summed E-state index contributed by atoms with van der Waals surface area (Å²) in [7, 11) is 1.53. The highest BCUT2D eigenvalue weighted by Crippen LogP contribution is 2.36. The van der Waals surface area contributed by atoms with Crippen molar-refractivity contribution >= 4 is 34.3 Å². The molecular weight excluding hydrogens is 360 g/mol. The van der Waals surface area contributed by atoms with E-state index in [0.29, 0.717) is 10.9 Å². The first-order valence-corrected chi connectivity index (χ1v) is 8.11. The number of pyridine rings is 1. The summed E-state index contributed by atoms with van der Waals surface area (Å²) < 4.78 is 1.34. The molecular formula is C17H11N2O6S-. The molecule has 0 aliphatic rings. The smallest absolute Gasteiger partial charge is 0.342 e. The van der Waals surface area contributed by atoms with Gasteiger partial charge in [-0.1, -0.05) is 35.7 Å². The Morgan fingerprint density at radius 3 is 2.58 bits per heavy atom. The van der Waals surface area contributed by atoms with Gasteiger partial charge in [-0.15, -0.1) is 0 Å². The molecule has 0 atom stereocenters. The Morgan fingerprint density at radius 2 is 1.92 bits per heavy atom. The van der Waals surface area contributed by atoms with Gasteiger partial charge in [0, 0.05) is 18.0 Å². The molecule has 0 saturated carbocycles. The summed E-state index contributed by atoms with van der Waals surface area (Å²) in [6.45, 7) is 0. The number of aromatic carboxylic acids is 1. The fraction of sp³-hybridized carbons (Fsp3) is 0.0588. The van der Waals surface area contributed by atoms with Gasteiger partial charge in [0.15, 0.2) is 0 Å². The van der Waals surface area contributed by atoms with Crippen molar-refractivity contribution in [1.82, 2.24) is 4.57 Å². The number of aromatic nitrogens is 1. The third-order valence-corrected chi connectivity index (χ3v) is 4.88. The first-order chi connectivity index (χ1) is 12.3. The van der Waals surface area contributed by atoms with Gasteiger partial charge >= 0.3 is 5.97 Å². The average molecular weight is 371 g/mol. The van der Waals surface area contributed by atoms with E-state index in [-0.39, 0.29) is 9.79 Å². The van der Waals surface area contributed by atoms with Crippen molar-refractivity contribution in [2.75, 3.05) is 0 Å². The van der Waals surface area contributed by atoms with E-state index >= 15 is 0 Å². The SMILES string of the molecule is Cn1c(=O)c(Sc2ccc([N+](=O)[O-])c(C(=O)O)c2)c([O-])c2ccccc21. The number of benzene rings is 2. The number of carboxylic acids is 1. The molecule has 3 rings (SSSR count). The molecule has 1 aromatic heterocycles. The molecule has 0 spiro atoms. The molecule has 2 aromatic carbocycles. The van der Waals surface area contributed by atoms with Crippen LogP contribution in [0.4, 0.5) is 5.69 Å². The number of nitro groups is 1. The zero-order chi connectivity index (χ0) is 19.0. The molecule has 9 heteroatoms. The molecule has 0 aliphatic carbocycles. The van der Waals surface area contributed by atoms with Gasteiger partial charge in [0.05, 0.1) is 15.3 Å². The van der Waals surface area contributed by atoms with Gasteiger partial charge in [-0.05, 0) is 23.6 Å². The fourth-order valence-electron chi connectivity index (χ4n) is 2.56. The normalized spacial score (nSPS) is 10.8. The van der Waals surface area contributed by atoms with E-state index in [4.69, 9.17) is 5.11 Å². The van der Waals surface area contributed by atoms with Crippen molar-refractivity contribution in [1.29, 1.82) is 0 Å². The summed E-state index contributed by atoms with van der Waals surface area (Å²) in [4.78, 5) is 34.0. The number of carbonyl (C=O) groups is 1. The van der Waals surface area contributed by atoms with E-state index in [1.54, 1.807) is 24.3 Å². The number of fused-ring (bicyclic) bond motifs is 1. The van der Waals surface area contributed by atoms with Crippen LogP contribution < -0.4 is 10.7 Å². The van der Waals surface area contributed by atoms with E-state index in [9.17, 15) is 24.8 Å². The minimum atomic E-state index is -1.46. The van der Waals surface area contributed by atoms with Gasteiger partial charge in [-0.3, -0.25) is 14.9 Å². The highest BCUT2D eigenvalue weighted by molar-refractivity contribution is 7.99. The highest BCUT2D eigenvalue weighted by atomic mass is 32.2. The number of aryl methyl sites for hydroxylation is 1. The van der Waals surface area contributed by atoms with Gasteiger partial charge in [-0.25, -0.2) is 4.79 Å². The average Bonchev–Trinajstić information content (AvgIpc) is 2.63. The lowest BCUT2D eigenvalue weighted by molar-refractivity contribution is -0.385. The van der Waals surface area contributed by atoms with Gasteiger partial charge in [0.2, 0.25) is 0 Å². The summed E-state index contributed by atoms with van der Waals surface area (Å²) in [5, 5.41) is 33.1. The van der Waals surface area contributed by atoms with E-state index in [0.717, 1.165) is 23.9 Å². The third-order valence-electron chi connectivity index (χ3n) is 3.83. The monoisotopic (exact) mass is 371 g/mol. The quantitative estimate of drug-likeness (QED) is 0.551. The van der Waals surface area contributed by atoms with Crippen LogP contribution >= 0.6 is 11.8 Å². The second-order valence-electron chi connectivity index (χ2n) is 5.38. The summed E-state index contributed by atoms with van der Waals surface area (Å²) in [6.07, 6.45) is 0. The van der Waals surface area contributed by atoms with Crippen LogP contribution in [0.25, 0.3) is 10.9 Å². The zero-order valence-corrected chi connectivity index (χ0v) is 14.1. The Kier molecular flexibility index (Phi) is 4.39. The number of hydrogen-bond donors (Lipinski definition) is 1. The van der Waals surface area contributed by atoms with Crippen molar-refractivity contribution in [3.8, 4) is 5.75 Å². The van der Waals surface area contributed by atoms with Crippen molar-refractivity contribution in [2.24, 2.45) is 7.05 Å². The summed E-state index contributed by atoms with van der Waals surface area (Å²) >= 11 is 0.790. The number of hydrogen-bond acceptors (Lipinski definition) is 6. The molecule has 0 aliphatic heterocycles. The van der Waals surface area contributed by atoms with Crippen LogP contribution in [0.5, 0.6) is 5.75 Å². The van der Waals surface area contributed by atoms with Gasteiger partial charge in [0.1, 0.15) is 5.56 Å². The number of nitrogens with zero attached hydrogens (tertiary/aromatic N) is 2. The lowest BCUT2D eigenvalue weighted by atomic mass is 10.2. The summed E-state index contributed by atoms with van der Waals surface area (Å²) in [5.74, 6) is -1.93. The number of rotatable bonds is 4. The predicted molar refractivity (Wildman–Crippen MR) is 92.8 cm³/mol. The topological polar surface area (TPSA) is 126 Å².